The number of nitrogen functional groups attached to an aromatic ring is 1. The molecule has 0 bridgehead atoms. The predicted octanol–water partition coefficient (Wildman–Crippen LogP) is 10.4. The number of hydrogen-bond donors (Lipinski definition) is 1. The lowest BCUT2D eigenvalue weighted by Crippen LogP contribution is -2.11. The fourth-order valence-corrected chi connectivity index (χ4v) is 8.28. The van der Waals surface area contributed by atoms with E-state index in [-0.39, 0.29) is 0 Å². The molecule has 2 heterocycles. The summed E-state index contributed by atoms with van der Waals surface area (Å²) in [5.74, 6) is 1.21. The summed E-state index contributed by atoms with van der Waals surface area (Å²) in [7, 11) is 0. The molecule has 45 heavy (non-hydrogen) atoms. The van der Waals surface area contributed by atoms with Gasteiger partial charge >= 0.3 is 0 Å². The number of nitrogens with two attached hydrogens (primary N) is 1. The van der Waals surface area contributed by atoms with Crippen LogP contribution in [-0.2, 0) is 6.42 Å². The highest BCUT2D eigenvalue weighted by molar-refractivity contribution is 6.23. The quantitative estimate of drug-likeness (QED) is 0.208. The van der Waals surface area contributed by atoms with Crippen LogP contribution in [0.5, 0.6) is 0 Å². The normalized spacial score (nSPS) is 14.9. The van der Waals surface area contributed by atoms with Gasteiger partial charge in [0.1, 0.15) is 5.82 Å². The third-order valence-electron chi connectivity index (χ3n) is 10.2. The van der Waals surface area contributed by atoms with E-state index in [0.717, 1.165) is 28.7 Å². The van der Waals surface area contributed by atoms with Gasteiger partial charge in [-0.15, -0.1) is 0 Å². The lowest BCUT2D eigenvalue weighted by atomic mass is 9.77. The van der Waals surface area contributed by atoms with Crippen LogP contribution in [0.4, 0.5) is 5.69 Å². The zero-order valence-corrected chi connectivity index (χ0v) is 24.9. The third-order valence-corrected chi connectivity index (χ3v) is 10.2. The largest absolute Gasteiger partial charge is 0.396 e. The molecule has 0 saturated carbocycles. The summed E-state index contributed by atoms with van der Waals surface area (Å²) in [6, 6.07) is 42.3. The van der Waals surface area contributed by atoms with Gasteiger partial charge in [-0.3, -0.25) is 4.57 Å². The average molecular weight is 576 g/mol. The van der Waals surface area contributed by atoms with Gasteiger partial charge < -0.3 is 5.73 Å². The topological polar surface area (TPSA) is 43.8 Å². The lowest BCUT2D eigenvalue weighted by molar-refractivity contribution is 0.816. The number of pyridine rings is 1. The highest BCUT2D eigenvalue weighted by Gasteiger charge is 2.38. The average Bonchev–Trinajstić information content (AvgIpc) is 3.59. The van der Waals surface area contributed by atoms with E-state index >= 15 is 0 Å². The van der Waals surface area contributed by atoms with Gasteiger partial charge in [-0.2, -0.15) is 0 Å². The van der Waals surface area contributed by atoms with E-state index in [9.17, 15) is 0 Å². The van der Waals surface area contributed by atoms with E-state index in [0.29, 0.717) is 11.6 Å². The molecule has 0 fully saturated rings. The van der Waals surface area contributed by atoms with Crippen molar-refractivity contribution in [3.8, 4) is 28.1 Å². The van der Waals surface area contributed by atoms with Crippen LogP contribution in [0.15, 0.2) is 121 Å². The van der Waals surface area contributed by atoms with E-state index in [1.54, 1.807) is 0 Å². The summed E-state index contributed by atoms with van der Waals surface area (Å²) in [5.41, 5.74) is 21.4. The second-order valence-electron chi connectivity index (χ2n) is 12.4. The maximum atomic E-state index is 6.79. The Hall–Kier alpha value is -5.67. The van der Waals surface area contributed by atoms with Gasteiger partial charge in [-0.1, -0.05) is 109 Å². The molecule has 6 aromatic carbocycles. The first-order valence-electron chi connectivity index (χ1n) is 15.7. The van der Waals surface area contributed by atoms with Crippen molar-refractivity contribution in [1.82, 2.24) is 9.55 Å². The third kappa shape index (κ3) is 3.22. The van der Waals surface area contributed by atoms with Crippen LogP contribution in [-0.4, -0.2) is 9.55 Å². The van der Waals surface area contributed by atoms with Crippen LogP contribution in [0, 0.1) is 0 Å². The highest BCUT2D eigenvalue weighted by Crippen LogP contribution is 2.57. The van der Waals surface area contributed by atoms with Crippen LogP contribution in [0.25, 0.3) is 77.6 Å². The first-order valence-corrected chi connectivity index (χ1v) is 15.7. The van der Waals surface area contributed by atoms with Gasteiger partial charge in [0.25, 0.3) is 0 Å². The second kappa shape index (κ2) is 8.93. The van der Waals surface area contributed by atoms with E-state index in [1.165, 1.54) is 71.5 Å². The molecule has 10 rings (SSSR count). The van der Waals surface area contributed by atoms with Crippen molar-refractivity contribution in [3.63, 3.8) is 0 Å². The molecule has 2 aromatic heterocycles. The molecule has 3 heteroatoms. The van der Waals surface area contributed by atoms with Crippen molar-refractivity contribution < 1.29 is 0 Å². The first kappa shape index (κ1) is 24.7. The fraction of sp³-hybridized carbons (Fsp3) is 0.0714. The Kier molecular flexibility index (Phi) is 4.91. The van der Waals surface area contributed by atoms with Crippen molar-refractivity contribution in [2.24, 2.45) is 0 Å². The molecule has 8 aromatic rings. The number of benzene rings is 6. The molecule has 1 unspecified atom stereocenters. The number of allylic oxidation sites excluding steroid dienone is 1. The van der Waals surface area contributed by atoms with E-state index in [4.69, 9.17) is 10.7 Å². The number of hydrogen-bond acceptors (Lipinski definition) is 2. The van der Waals surface area contributed by atoms with Crippen LogP contribution in [0.1, 0.15) is 35.1 Å². The van der Waals surface area contributed by atoms with Crippen molar-refractivity contribution in [2.75, 3.05) is 5.73 Å². The van der Waals surface area contributed by atoms with Crippen molar-refractivity contribution in [1.29, 1.82) is 0 Å². The van der Waals surface area contributed by atoms with Crippen molar-refractivity contribution >= 4 is 55.2 Å². The van der Waals surface area contributed by atoms with Gasteiger partial charge in [0, 0.05) is 33.0 Å². The molecule has 0 spiro atoms. The molecule has 3 nitrogen and oxygen atoms in total. The van der Waals surface area contributed by atoms with Crippen LogP contribution in [0.3, 0.4) is 0 Å². The Morgan fingerprint density at radius 3 is 2.40 bits per heavy atom. The fourth-order valence-electron chi connectivity index (χ4n) is 8.28. The van der Waals surface area contributed by atoms with Gasteiger partial charge in [0.2, 0.25) is 0 Å². The minimum Gasteiger partial charge on any atom is -0.396 e. The minimum atomic E-state index is 0.331. The van der Waals surface area contributed by atoms with Gasteiger partial charge in [0.05, 0.1) is 22.2 Å². The van der Waals surface area contributed by atoms with Gasteiger partial charge in [-0.25, -0.2) is 4.98 Å². The zero-order chi connectivity index (χ0) is 29.8. The molecule has 1 atom stereocenters. The molecule has 2 aliphatic carbocycles. The number of fused-ring (bicyclic) bond motifs is 12. The minimum absolute atomic E-state index is 0.331. The van der Waals surface area contributed by atoms with Gasteiger partial charge in [-0.05, 0) is 75.9 Å². The smallest absolute Gasteiger partial charge is 0.138 e. The van der Waals surface area contributed by atoms with E-state index < -0.39 is 0 Å². The summed E-state index contributed by atoms with van der Waals surface area (Å²) in [6.45, 7) is 2.02. The molecule has 2 N–H and O–H groups in total. The SMILES string of the molecule is C/C=C\c1ccc2ccc(-n3c4c5c6c(cc4c4ccc7ccccc7c43)-c3ccccc3C6Cc3ccccc3-5)nc2c1N. The Balaban J connectivity index is 1.44. The Morgan fingerprint density at radius 2 is 1.49 bits per heavy atom. The van der Waals surface area contributed by atoms with Crippen LogP contribution < -0.4 is 5.73 Å². The Morgan fingerprint density at radius 1 is 0.711 bits per heavy atom. The zero-order valence-electron chi connectivity index (χ0n) is 24.9. The molecular weight excluding hydrogens is 546 g/mol. The first-order chi connectivity index (χ1) is 22.2. The molecule has 212 valence electrons. The molecule has 0 saturated heterocycles. The predicted molar refractivity (Wildman–Crippen MR) is 189 cm³/mol. The molecular formula is C42H29N3. The summed E-state index contributed by atoms with van der Waals surface area (Å²) < 4.78 is 2.44. The number of anilines is 1. The number of nitrogens with zero attached hydrogens (tertiary/aromatic N) is 2. The Bertz CT molecular complexity index is 2600. The number of aromatic nitrogens is 2. The van der Waals surface area contributed by atoms with E-state index in [2.05, 4.69) is 126 Å². The maximum Gasteiger partial charge on any atom is 0.138 e. The molecule has 2 aliphatic rings. The van der Waals surface area contributed by atoms with Crippen LogP contribution in [0.2, 0.25) is 0 Å². The maximum absolute atomic E-state index is 6.79. The highest BCUT2D eigenvalue weighted by atomic mass is 15.1. The summed E-state index contributed by atoms with van der Waals surface area (Å²) >= 11 is 0. The molecule has 0 aliphatic heterocycles. The summed E-state index contributed by atoms with van der Waals surface area (Å²) in [6.07, 6.45) is 5.09. The standard InChI is InChI=1S/C42H29N3/c1-2-9-25-16-17-26-19-21-36(44-40(26)39(25)43)45-41-29-13-6-3-10-24(29)18-20-32(41)35-23-34-31-15-8-7-14-30(31)33-22-27-11-4-5-12-28(27)38(37(33)34)42(35)45/h2-21,23,33H,22,43H2,1H3/b9-2-. The Labute approximate surface area is 260 Å². The van der Waals surface area contributed by atoms with Gasteiger partial charge in [0.15, 0.2) is 0 Å². The monoisotopic (exact) mass is 575 g/mol. The second-order valence-corrected chi connectivity index (χ2v) is 12.4. The summed E-state index contributed by atoms with van der Waals surface area (Å²) in [5, 5.41) is 5.98. The lowest BCUT2D eigenvalue weighted by Gasteiger charge is -2.27. The molecule has 0 amide bonds. The summed E-state index contributed by atoms with van der Waals surface area (Å²) in [4.78, 5) is 5.37. The van der Waals surface area contributed by atoms with Crippen molar-refractivity contribution in [2.45, 2.75) is 19.3 Å². The van der Waals surface area contributed by atoms with Crippen molar-refractivity contribution in [3.05, 3.63) is 144 Å². The molecule has 0 radical (unpaired) electrons. The van der Waals surface area contributed by atoms with E-state index in [1.807, 2.05) is 13.0 Å². The number of rotatable bonds is 2. The van der Waals surface area contributed by atoms with Crippen LogP contribution >= 0.6 is 0 Å².